The van der Waals surface area contributed by atoms with E-state index in [2.05, 4.69) is 15.5 Å². The number of ether oxygens (including phenoxy) is 1. The topological polar surface area (TPSA) is 87.3 Å². The van der Waals surface area contributed by atoms with E-state index in [0.29, 0.717) is 25.9 Å². The van der Waals surface area contributed by atoms with Gasteiger partial charge in [0.1, 0.15) is 0 Å². The maximum absolute atomic E-state index is 12.3. The number of rotatable bonds is 2. The molecule has 1 aromatic heterocycles. The van der Waals surface area contributed by atoms with Crippen LogP contribution in [-0.2, 0) is 9.53 Å². The van der Waals surface area contributed by atoms with Crippen LogP contribution in [0.25, 0.3) is 10.9 Å². The number of carbonyl (C=O) groups is 2. The summed E-state index contributed by atoms with van der Waals surface area (Å²) in [5.74, 6) is -0.0956. The number of piperidine rings is 1. The summed E-state index contributed by atoms with van der Waals surface area (Å²) in [4.78, 5) is 25.4. The van der Waals surface area contributed by atoms with Gasteiger partial charge in [0.25, 0.3) is 0 Å². The molecule has 1 saturated heterocycles. The highest BCUT2D eigenvalue weighted by atomic mass is 16.5. The van der Waals surface area contributed by atoms with Gasteiger partial charge in [0.05, 0.1) is 18.8 Å². The molecule has 116 valence electrons. The highest BCUT2D eigenvalue weighted by molar-refractivity contribution is 5.94. The van der Waals surface area contributed by atoms with Crippen molar-refractivity contribution in [2.24, 2.45) is 5.92 Å². The van der Waals surface area contributed by atoms with E-state index in [0.717, 1.165) is 16.6 Å². The number of methoxy groups -OCH3 is 1. The molecule has 22 heavy (non-hydrogen) atoms. The SMILES string of the molecule is COC(=O)N1CCC(C(=O)Nc2ccc3cn[nH]c3c2)CC1. The van der Waals surface area contributed by atoms with E-state index in [-0.39, 0.29) is 17.9 Å². The van der Waals surface area contributed by atoms with Crippen molar-refractivity contribution in [2.45, 2.75) is 12.8 Å². The standard InChI is InChI=1S/C15H18N4O3/c1-22-15(21)19-6-4-10(5-7-19)14(20)17-12-3-2-11-9-16-18-13(11)8-12/h2-3,8-10H,4-7H2,1H3,(H,16,18)(H,17,20). The normalized spacial score (nSPS) is 15.8. The molecule has 2 N–H and O–H groups in total. The third kappa shape index (κ3) is 2.88. The van der Waals surface area contributed by atoms with Crippen LogP contribution in [0.1, 0.15) is 12.8 Å². The number of likely N-dealkylation sites (tertiary alicyclic amines) is 1. The molecule has 0 radical (unpaired) electrons. The molecule has 2 aromatic rings. The Kier molecular flexibility index (Phi) is 3.95. The fourth-order valence-electron chi connectivity index (χ4n) is 2.71. The highest BCUT2D eigenvalue weighted by Gasteiger charge is 2.27. The second-order valence-corrected chi connectivity index (χ2v) is 5.39. The molecule has 3 rings (SSSR count). The molecule has 7 heteroatoms. The van der Waals surface area contributed by atoms with Gasteiger partial charge in [-0.25, -0.2) is 4.79 Å². The van der Waals surface area contributed by atoms with Gasteiger partial charge in [-0.3, -0.25) is 9.89 Å². The molecule has 2 heterocycles. The fourth-order valence-corrected chi connectivity index (χ4v) is 2.71. The van der Waals surface area contributed by atoms with Gasteiger partial charge in [-0.1, -0.05) is 0 Å². The first kappa shape index (κ1) is 14.4. The molecular weight excluding hydrogens is 284 g/mol. The van der Waals surface area contributed by atoms with Crippen molar-refractivity contribution in [1.82, 2.24) is 15.1 Å². The number of fused-ring (bicyclic) bond motifs is 1. The molecule has 1 aliphatic heterocycles. The van der Waals surface area contributed by atoms with Crippen LogP contribution in [0.3, 0.4) is 0 Å². The molecule has 0 saturated carbocycles. The lowest BCUT2D eigenvalue weighted by Gasteiger charge is -2.30. The van der Waals surface area contributed by atoms with Gasteiger partial charge >= 0.3 is 6.09 Å². The summed E-state index contributed by atoms with van der Waals surface area (Å²) in [6.45, 7) is 1.09. The van der Waals surface area contributed by atoms with Crippen LogP contribution >= 0.6 is 0 Å². The number of benzene rings is 1. The first-order valence-corrected chi connectivity index (χ1v) is 7.24. The first-order valence-electron chi connectivity index (χ1n) is 7.24. The van der Waals surface area contributed by atoms with Crippen molar-refractivity contribution in [3.63, 3.8) is 0 Å². The first-order chi connectivity index (χ1) is 10.7. The summed E-state index contributed by atoms with van der Waals surface area (Å²) in [6.07, 6.45) is 2.70. The maximum Gasteiger partial charge on any atom is 0.409 e. The number of anilines is 1. The summed E-state index contributed by atoms with van der Waals surface area (Å²) in [5, 5.41) is 10.8. The highest BCUT2D eigenvalue weighted by Crippen LogP contribution is 2.21. The molecular formula is C15H18N4O3. The number of hydrogen-bond acceptors (Lipinski definition) is 4. The Balaban J connectivity index is 1.59. The predicted octanol–water partition coefficient (Wildman–Crippen LogP) is 1.98. The number of amides is 2. The van der Waals surface area contributed by atoms with Gasteiger partial charge in [-0.2, -0.15) is 5.10 Å². The Morgan fingerprint density at radius 2 is 2.14 bits per heavy atom. The average molecular weight is 302 g/mol. The third-order valence-electron chi connectivity index (χ3n) is 4.01. The zero-order chi connectivity index (χ0) is 15.5. The lowest BCUT2D eigenvalue weighted by Crippen LogP contribution is -2.41. The van der Waals surface area contributed by atoms with Crippen LogP contribution < -0.4 is 5.32 Å². The fraction of sp³-hybridized carbons (Fsp3) is 0.400. The smallest absolute Gasteiger partial charge is 0.409 e. The van der Waals surface area contributed by atoms with Gasteiger partial charge in [0.2, 0.25) is 5.91 Å². The lowest BCUT2D eigenvalue weighted by atomic mass is 9.96. The van der Waals surface area contributed by atoms with E-state index in [1.807, 2.05) is 18.2 Å². The van der Waals surface area contributed by atoms with E-state index in [1.54, 1.807) is 11.1 Å². The second-order valence-electron chi connectivity index (χ2n) is 5.39. The molecule has 0 spiro atoms. The third-order valence-corrected chi connectivity index (χ3v) is 4.01. The van der Waals surface area contributed by atoms with Crippen LogP contribution in [0.5, 0.6) is 0 Å². The minimum atomic E-state index is -0.330. The Hall–Kier alpha value is -2.57. The average Bonchev–Trinajstić information content (AvgIpc) is 3.02. The summed E-state index contributed by atoms with van der Waals surface area (Å²) < 4.78 is 4.69. The number of aromatic amines is 1. The van der Waals surface area contributed by atoms with E-state index < -0.39 is 0 Å². The zero-order valence-electron chi connectivity index (χ0n) is 12.3. The molecule has 7 nitrogen and oxygen atoms in total. The molecule has 1 aromatic carbocycles. The van der Waals surface area contributed by atoms with Gasteiger partial charge in [0.15, 0.2) is 0 Å². The summed E-state index contributed by atoms with van der Waals surface area (Å²) in [6, 6.07) is 5.64. The number of hydrogen-bond donors (Lipinski definition) is 2. The van der Waals surface area contributed by atoms with Crippen molar-refractivity contribution in [3.8, 4) is 0 Å². The number of nitrogens with one attached hydrogen (secondary N) is 2. The van der Waals surface area contributed by atoms with Crippen molar-refractivity contribution < 1.29 is 14.3 Å². The van der Waals surface area contributed by atoms with Crippen molar-refractivity contribution in [1.29, 1.82) is 0 Å². The number of aromatic nitrogens is 2. The molecule has 0 unspecified atom stereocenters. The second kappa shape index (κ2) is 6.05. The molecule has 0 bridgehead atoms. The molecule has 1 fully saturated rings. The quantitative estimate of drug-likeness (QED) is 0.888. The Morgan fingerprint density at radius 1 is 1.36 bits per heavy atom. The van der Waals surface area contributed by atoms with Gasteiger partial charge in [0, 0.05) is 30.1 Å². The van der Waals surface area contributed by atoms with E-state index in [9.17, 15) is 9.59 Å². The summed E-state index contributed by atoms with van der Waals surface area (Å²) >= 11 is 0. The van der Waals surface area contributed by atoms with Crippen LogP contribution in [0.4, 0.5) is 10.5 Å². The summed E-state index contributed by atoms with van der Waals surface area (Å²) in [5.41, 5.74) is 1.63. The van der Waals surface area contributed by atoms with E-state index in [4.69, 9.17) is 4.74 Å². The van der Waals surface area contributed by atoms with Crippen LogP contribution in [0.2, 0.25) is 0 Å². The largest absolute Gasteiger partial charge is 0.453 e. The minimum absolute atomic E-state index is 0.0108. The number of carbonyl (C=O) groups excluding carboxylic acids is 2. The van der Waals surface area contributed by atoms with E-state index in [1.165, 1.54) is 7.11 Å². The van der Waals surface area contributed by atoms with Crippen LogP contribution in [0.15, 0.2) is 24.4 Å². The van der Waals surface area contributed by atoms with Crippen molar-refractivity contribution >= 4 is 28.6 Å². The van der Waals surface area contributed by atoms with Gasteiger partial charge < -0.3 is 15.0 Å². The monoisotopic (exact) mass is 302 g/mol. The maximum atomic E-state index is 12.3. The molecule has 0 aliphatic carbocycles. The Bertz CT molecular complexity index is 689. The van der Waals surface area contributed by atoms with Gasteiger partial charge in [-0.05, 0) is 31.0 Å². The Morgan fingerprint density at radius 3 is 2.86 bits per heavy atom. The van der Waals surface area contributed by atoms with Crippen LogP contribution in [-0.4, -0.2) is 47.3 Å². The number of H-pyrrole nitrogens is 1. The van der Waals surface area contributed by atoms with Crippen LogP contribution in [0, 0.1) is 5.92 Å². The summed E-state index contributed by atoms with van der Waals surface area (Å²) in [7, 11) is 1.37. The molecule has 2 amide bonds. The predicted molar refractivity (Wildman–Crippen MR) is 81.4 cm³/mol. The molecule has 1 aliphatic rings. The minimum Gasteiger partial charge on any atom is -0.453 e. The molecule has 0 atom stereocenters. The Labute approximate surface area is 127 Å². The van der Waals surface area contributed by atoms with Crippen molar-refractivity contribution in [2.75, 3.05) is 25.5 Å². The zero-order valence-corrected chi connectivity index (χ0v) is 12.3. The van der Waals surface area contributed by atoms with E-state index >= 15 is 0 Å². The number of nitrogens with zero attached hydrogens (tertiary/aromatic N) is 2. The van der Waals surface area contributed by atoms with Crippen molar-refractivity contribution in [3.05, 3.63) is 24.4 Å². The lowest BCUT2D eigenvalue weighted by molar-refractivity contribution is -0.121. The van der Waals surface area contributed by atoms with Gasteiger partial charge in [-0.15, -0.1) is 0 Å².